The van der Waals surface area contributed by atoms with Crippen molar-refractivity contribution in [3.05, 3.63) is 102 Å². The molecule has 1 N–H and O–H groups in total. The van der Waals surface area contributed by atoms with Crippen molar-refractivity contribution in [3.63, 3.8) is 0 Å². The maximum Gasteiger partial charge on any atom is 0.313 e. The third kappa shape index (κ3) is 2.56. The molecule has 1 aliphatic heterocycles. The molecule has 2 atom stereocenters. The molecule has 0 saturated heterocycles. The van der Waals surface area contributed by atoms with Crippen LogP contribution in [0.15, 0.2) is 84.9 Å². The number of aliphatic carboxylic acids is 1. The van der Waals surface area contributed by atoms with E-state index in [1.54, 1.807) is 29.2 Å². The Morgan fingerprint density at radius 1 is 0.808 bits per heavy atom. The van der Waals surface area contributed by atoms with Crippen LogP contribution in [0.2, 0.25) is 0 Å². The third-order valence-corrected chi connectivity index (χ3v) is 4.78. The predicted molar refractivity (Wildman–Crippen MR) is 99.3 cm³/mol. The molecule has 3 aromatic carbocycles. The summed E-state index contributed by atoms with van der Waals surface area (Å²) in [7, 11) is 0. The number of anilines is 1. The minimum atomic E-state index is -0.945. The van der Waals surface area contributed by atoms with Gasteiger partial charge in [-0.2, -0.15) is 0 Å². The number of carboxylic acids is 1. The fraction of sp³-hybridized carbons (Fsp3) is 0.0909. The van der Waals surface area contributed by atoms with Crippen LogP contribution >= 0.6 is 0 Å². The number of para-hydroxylation sites is 1. The number of nitrogens with zero attached hydrogens (tertiary/aromatic N) is 1. The molecule has 0 radical (unpaired) electrons. The predicted octanol–water partition coefficient (Wildman–Crippen LogP) is 4.26. The van der Waals surface area contributed by atoms with Crippen molar-refractivity contribution >= 4 is 17.6 Å². The highest BCUT2D eigenvalue weighted by Gasteiger charge is 2.44. The highest BCUT2D eigenvalue weighted by Crippen LogP contribution is 2.44. The molecule has 1 heterocycles. The molecule has 0 aromatic heterocycles. The third-order valence-electron chi connectivity index (χ3n) is 4.78. The molecule has 0 spiro atoms. The lowest BCUT2D eigenvalue weighted by Gasteiger charge is -2.40. The molecular formula is C22H17NO3. The molecule has 0 fully saturated rings. The molecule has 0 unspecified atom stereocenters. The minimum Gasteiger partial charge on any atom is -0.481 e. The van der Waals surface area contributed by atoms with Gasteiger partial charge in [0.1, 0.15) is 5.92 Å². The van der Waals surface area contributed by atoms with Crippen LogP contribution in [0.3, 0.4) is 0 Å². The summed E-state index contributed by atoms with van der Waals surface area (Å²) >= 11 is 0. The summed E-state index contributed by atoms with van der Waals surface area (Å²) in [6, 6.07) is 25.0. The fourth-order valence-electron chi connectivity index (χ4n) is 3.66. The average Bonchev–Trinajstić information content (AvgIpc) is 2.69. The van der Waals surface area contributed by atoms with Crippen molar-refractivity contribution < 1.29 is 14.7 Å². The van der Waals surface area contributed by atoms with Gasteiger partial charge < -0.3 is 5.11 Å². The molecule has 4 rings (SSSR count). The Morgan fingerprint density at radius 3 is 2.04 bits per heavy atom. The lowest BCUT2D eigenvalue weighted by atomic mass is 9.79. The van der Waals surface area contributed by atoms with Gasteiger partial charge in [-0.3, -0.25) is 14.5 Å². The van der Waals surface area contributed by atoms with Crippen molar-refractivity contribution in [2.45, 2.75) is 12.0 Å². The summed E-state index contributed by atoms with van der Waals surface area (Å²) in [5.74, 6) is -1.97. The SMILES string of the molecule is O=C(O)[C@H]1c2ccccc2C(=O)N(c2ccccc2)[C@@H]1c1ccccc1. The number of carbonyl (C=O) groups excluding carboxylic acids is 1. The van der Waals surface area contributed by atoms with E-state index in [9.17, 15) is 14.7 Å². The van der Waals surface area contributed by atoms with Gasteiger partial charge in [-0.25, -0.2) is 0 Å². The van der Waals surface area contributed by atoms with Crippen molar-refractivity contribution in [1.82, 2.24) is 0 Å². The van der Waals surface area contributed by atoms with E-state index in [0.717, 1.165) is 5.56 Å². The lowest BCUT2D eigenvalue weighted by molar-refractivity contribution is -0.139. The summed E-state index contributed by atoms with van der Waals surface area (Å²) in [6.45, 7) is 0. The van der Waals surface area contributed by atoms with Crippen molar-refractivity contribution in [2.24, 2.45) is 0 Å². The van der Waals surface area contributed by atoms with Gasteiger partial charge in [-0.15, -0.1) is 0 Å². The van der Waals surface area contributed by atoms with E-state index in [2.05, 4.69) is 0 Å². The van der Waals surface area contributed by atoms with Gasteiger partial charge in [-0.05, 0) is 29.3 Å². The van der Waals surface area contributed by atoms with Crippen LogP contribution in [-0.4, -0.2) is 17.0 Å². The van der Waals surface area contributed by atoms with Crippen LogP contribution in [-0.2, 0) is 4.79 Å². The van der Waals surface area contributed by atoms with E-state index in [4.69, 9.17) is 0 Å². The maximum atomic E-state index is 13.3. The first-order valence-corrected chi connectivity index (χ1v) is 8.44. The van der Waals surface area contributed by atoms with Crippen LogP contribution in [0.5, 0.6) is 0 Å². The number of carboxylic acid groups (broad SMARTS) is 1. The largest absolute Gasteiger partial charge is 0.481 e. The van der Waals surface area contributed by atoms with Gasteiger partial charge in [0.15, 0.2) is 0 Å². The van der Waals surface area contributed by atoms with Crippen molar-refractivity contribution in [2.75, 3.05) is 4.90 Å². The normalized spacial score (nSPS) is 19.1. The van der Waals surface area contributed by atoms with Gasteiger partial charge in [0.25, 0.3) is 5.91 Å². The van der Waals surface area contributed by atoms with Crippen LogP contribution in [0, 0.1) is 0 Å². The number of fused-ring (bicyclic) bond motifs is 1. The number of hydrogen-bond donors (Lipinski definition) is 1. The number of benzene rings is 3. The van der Waals surface area contributed by atoms with E-state index in [1.165, 1.54) is 0 Å². The molecule has 4 nitrogen and oxygen atoms in total. The number of hydrogen-bond acceptors (Lipinski definition) is 2. The first-order chi connectivity index (χ1) is 12.7. The Balaban J connectivity index is 1.99. The highest BCUT2D eigenvalue weighted by molar-refractivity contribution is 6.10. The second-order valence-corrected chi connectivity index (χ2v) is 6.27. The zero-order valence-electron chi connectivity index (χ0n) is 13.9. The van der Waals surface area contributed by atoms with E-state index in [1.807, 2.05) is 60.7 Å². The van der Waals surface area contributed by atoms with Crippen molar-refractivity contribution in [1.29, 1.82) is 0 Å². The molecule has 26 heavy (non-hydrogen) atoms. The van der Waals surface area contributed by atoms with Crippen LogP contribution in [0.25, 0.3) is 0 Å². The maximum absolute atomic E-state index is 13.3. The Morgan fingerprint density at radius 2 is 1.38 bits per heavy atom. The van der Waals surface area contributed by atoms with Gasteiger partial charge in [0.05, 0.1) is 6.04 Å². The van der Waals surface area contributed by atoms with Crippen LogP contribution < -0.4 is 4.90 Å². The first kappa shape index (κ1) is 16.1. The Hall–Kier alpha value is -3.40. The molecule has 128 valence electrons. The van der Waals surface area contributed by atoms with E-state index in [-0.39, 0.29) is 5.91 Å². The molecule has 1 amide bonds. The van der Waals surface area contributed by atoms with Crippen LogP contribution in [0.1, 0.15) is 33.4 Å². The monoisotopic (exact) mass is 343 g/mol. The summed E-state index contributed by atoms with van der Waals surface area (Å²) in [5.41, 5.74) is 2.49. The van der Waals surface area contributed by atoms with Crippen LogP contribution in [0.4, 0.5) is 5.69 Å². The number of carbonyl (C=O) groups is 2. The minimum absolute atomic E-state index is 0.182. The van der Waals surface area contributed by atoms with E-state index >= 15 is 0 Å². The molecule has 0 saturated carbocycles. The fourth-order valence-corrected chi connectivity index (χ4v) is 3.66. The van der Waals surface area contributed by atoms with Gasteiger partial charge in [0.2, 0.25) is 0 Å². The summed E-state index contributed by atoms with van der Waals surface area (Å²) in [6.07, 6.45) is 0. The average molecular weight is 343 g/mol. The topological polar surface area (TPSA) is 57.6 Å². The molecule has 3 aromatic rings. The zero-order chi connectivity index (χ0) is 18.1. The number of amides is 1. The lowest BCUT2D eigenvalue weighted by Crippen LogP contribution is -2.45. The smallest absolute Gasteiger partial charge is 0.313 e. The van der Waals surface area contributed by atoms with Gasteiger partial charge in [0, 0.05) is 11.3 Å². The second-order valence-electron chi connectivity index (χ2n) is 6.27. The summed E-state index contributed by atoms with van der Waals surface area (Å²) < 4.78 is 0. The molecule has 4 heteroatoms. The molecule has 0 aliphatic carbocycles. The summed E-state index contributed by atoms with van der Waals surface area (Å²) in [4.78, 5) is 27.2. The Bertz CT molecular complexity index is 953. The second kappa shape index (κ2) is 6.48. The Labute approximate surface area is 151 Å². The number of rotatable bonds is 3. The quantitative estimate of drug-likeness (QED) is 0.773. The van der Waals surface area contributed by atoms with Crippen molar-refractivity contribution in [3.8, 4) is 0 Å². The molecule has 1 aliphatic rings. The molecule has 0 bridgehead atoms. The standard InChI is InChI=1S/C22H17NO3/c24-21-18-14-8-7-13-17(18)19(22(25)26)20(15-9-3-1-4-10-15)23(21)16-11-5-2-6-12-16/h1-14,19-20H,(H,25,26)/t19-,20+/m0/s1. The van der Waals surface area contributed by atoms with Gasteiger partial charge >= 0.3 is 5.97 Å². The first-order valence-electron chi connectivity index (χ1n) is 8.44. The van der Waals surface area contributed by atoms with Gasteiger partial charge in [-0.1, -0.05) is 66.7 Å². The molecular weight excluding hydrogens is 326 g/mol. The highest BCUT2D eigenvalue weighted by atomic mass is 16.4. The Kier molecular flexibility index (Phi) is 4.01. The van der Waals surface area contributed by atoms with E-state index in [0.29, 0.717) is 16.8 Å². The summed E-state index contributed by atoms with van der Waals surface area (Å²) in [5, 5.41) is 10.0. The van der Waals surface area contributed by atoms with E-state index < -0.39 is 17.9 Å². The zero-order valence-corrected chi connectivity index (χ0v) is 13.9.